The zero-order valence-electron chi connectivity index (χ0n) is 32.4. The summed E-state index contributed by atoms with van der Waals surface area (Å²) < 4.78 is 4.88. The van der Waals surface area contributed by atoms with Gasteiger partial charge in [0.25, 0.3) is 0 Å². The van der Waals surface area contributed by atoms with Gasteiger partial charge >= 0.3 is 0 Å². The smallest absolute Gasteiger partial charge is 0.0979 e. The second-order valence-electron chi connectivity index (χ2n) is 15.8. The maximum atomic E-state index is 5.49. The quantitative estimate of drug-likeness (QED) is 0.167. The van der Waals surface area contributed by atoms with E-state index in [0.717, 1.165) is 66.5 Å². The zero-order valence-corrected chi connectivity index (χ0v) is 32.4. The van der Waals surface area contributed by atoms with Gasteiger partial charge in [-0.3, -0.25) is 0 Å². The highest BCUT2D eigenvalue weighted by molar-refractivity contribution is 6.22. The van der Waals surface area contributed by atoms with Crippen LogP contribution in [0.25, 0.3) is 121 Å². The minimum absolute atomic E-state index is 0.879. The predicted octanol–water partition coefficient (Wildman–Crippen LogP) is 14.6. The van der Waals surface area contributed by atoms with Gasteiger partial charge in [-0.1, -0.05) is 146 Å². The maximum Gasteiger partial charge on any atom is 0.0979 e. The molecule has 4 nitrogen and oxygen atoms in total. The lowest BCUT2D eigenvalue weighted by atomic mass is 9.98. The van der Waals surface area contributed by atoms with Crippen LogP contribution in [0.4, 0.5) is 0 Å². The van der Waals surface area contributed by atoms with Crippen LogP contribution in [0.3, 0.4) is 0 Å². The van der Waals surface area contributed by atoms with Gasteiger partial charge in [0.1, 0.15) is 0 Å². The van der Waals surface area contributed by atoms with Crippen molar-refractivity contribution in [3.05, 3.63) is 206 Å². The van der Waals surface area contributed by atoms with Crippen LogP contribution in [-0.4, -0.2) is 19.1 Å². The summed E-state index contributed by atoms with van der Waals surface area (Å²) in [4.78, 5) is 10.8. The first-order valence-electron chi connectivity index (χ1n) is 20.5. The van der Waals surface area contributed by atoms with E-state index in [1.807, 2.05) is 12.1 Å². The molecule has 10 aromatic carbocycles. The lowest BCUT2D eigenvalue weighted by molar-refractivity contribution is 1.17. The zero-order chi connectivity index (χ0) is 39.3. The van der Waals surface area contributed by atoms with E-state index in [9.17, 15) is 0 Å². The molecule has 3 heterocycles. The van der Waals surface area contributed by atoms with Crippen LogP contribution in [0.2, 0.25) is 0 Å². The van der Waals surface area contributed by atoms with E-state index >= 15 is 0 Å². The Bertz CT molecular complexity index is 3860. The number of nitrogens with zero attached hydrogens (tertiary/aromatic N) is 4. The Morgan fingerprint density at radius 3 is 1.63 bits per heavy atom. The number of para-hydroxylation sites is 2. The molecular weight excluding hydrogens is 729 g/mol. The van der Waals surface area contributed by atoms with Crippen molar-refractivity contribution in [1.29, 1.82) is 0 Å². The van der Waals surface area contributed by atoms with Crippen molar-refractivity contribution in [3.63, 3.8) is 0 Å². The largest absolute Gasteiger partial charge is 0.309 e. The summed E-state index contributed by atoms with van der Waals surface area (Å²) in [6.45, 7) is 0. The van der Waals surface area contributed by atoms with Gasteiger partial charge in [-0.2, -0.15) is 0 Å². The average molecular weight is 763 g/mol. The lowest BCUT2D eigenvalue weighted by Crippen LogP contribution is -1.97. The Morgan fingerprint density at radius 1 is 0.300 bits per heavy atom. The molecule has 0 fully saturated rings. The van der Waals surface area contributed by atoms with Crippen molar-refractivity contribution in [2.45, 2.75) is 0 Å². The third-order valence-electron chi connectivity index (χ3n) is 12.4. The molecule has 278 valence electrons. The van der Waals surface area contributed by atoms with Gasteiger partial charge in [-0.15, -0.1) is 0 Å². The molecule has 0 atom stereocenters. The topological polar surface area (TPSA) is 35.6 Å². The lowest BCUT2D eigenvalue weighted by Gasteiger charge is -2.14. The normalized spacial score (nSPS) is 12.0. The van der Waals surface area contributed by atoms with Crippen molar-refractivity contribution >= 4 is 87.0 Å². The van der Waals surface area contributed by atoms with Gasteiger partial charge in [-0.05, 0) is 87.6 Å². The number of benzene rings is 10. The van der Waals surface area contributed by atoms with Gasteiger partial charge in [0.05, 0.1) is 44.5 Å². The molecule has 0 unspecified atom stereocenters. The summed E-state index contributed by atoms with van der Waals surface area (Å²) >= 11 is 0. The molecule has 0 radical (unpaired) electrons. The molecular formula is C56H34N4. The standard InChI is InChI=1S/C56H34N4/c1-4-14-36(15-5-1)54-55(37-16-6-2-7-17-37)58-56-48(57-54)29-26-35-24-25-40-30-42(27-28-43(40)53(35)56)60-50-32-39-19-11-10-18-38(39)31-45(50)47-33-46-44-22-12-13-23-49(44)59(51(46)34-52(47)60)41-20-8-3-9-21-41/h1-34H. The van der Waals surface area contributed by atoms with Gasteiger partial charge in [0, 0.05) is 49.4 Å². The average Bonchev–Trinajstić information content (AvgIpc) is 3.81. The summed E-state index contributed by atoms with van der Waals surface area (Å²) in [5, 5.41) is 12.0. The Kier molecular flexibility index (Phi) is 6.98. The van der Waals surface area contributed by atoms with Crippen LogP contribution >= 0.6 is 0 Å². The van der Waals surface area contributed by atoms with Gasteiger partial charge in [-0.25, -0.2) is 9.97 Å². The van der Waals surface area contributed by atoms with E-state index < -0.39 is 0 Å². The first-order chi connectivity index (χ1) is 29.7. The third kappa shape index (κ3) is 4.85. The number of fused-ring (bicyclic) bond motifs is 12. The van der Waals surface area contributed by atoms with E-state index in [1.54, 1.807) is 0 Å². The summed E-state index contributed by atoms with van der Waals surface area (Å²) in [5.74, 6) is 0. The van der Waals surface area contributed by atoms with Crippen LogP contribution in [0.1, 0.15) is 0 Å². The fourth-order valence-corrected chi connectivity index (χ4v) is 9.69. The van der Waals surface area contributed by atoms with Gasteiger partial charge in [0.2, 0.25) is 0 Å². The summed E-state index contributed by atoms with van der Waals surface area (Å²) in [6.07, 6.45) is 0. The maximum absolute atomic E-state index is 5.49. The minimum Gasteiger partial charge on any atom is -0.309 e. The van der Waals surface area contributed by atoms with Gasteiger partial charge in [0.15, 0.2) is 0 Å². The van der Waals surface area contributed by atoms with Crippen molar-refractivity contribution in [2.24, 2.45) is 0 Å². The summed E-state index contributed by atoms with van der Waals surface area (Å²) in [5.41, 5.74) is 12.7. The first-order valence-corrected chi connectivity index (χ1v) is 20.5. The highest BCUT2D eigenvalue weighted by atomic mass is 15.0. The molecule has 0 bridgehead atoms. The fraction of sp³-hybridized carbons (Fsp3) is 0. The Labute approximate surface area is 344 Å². The molecule has 3 aromatic heterocycles. The Morgan fingerprint density at radius 2 is 0.867 bits per heavy atom. The number of aromatic nitrogens is 4. The molecule has 13 rings (SSSR count). The Balaban J connectivity index is 1.10. The van der Waals surface area contributed by atoms with Crippen LogP contribution in [-0.2, 0) is 0 Å². The molecule has 13 aromatic rings. The molecule has 0 aliphatic heterocycles. The van der Waals surface area contributed by atoms with Crippen molar-refractivity contribution in [1.82, 2.24) is 19.1 Å². The molecule has 0 amide bonds. The highest BCUT2D eigenvalue weighted by Gasteiger charge is 2.21. The number of hydrogen-bond donors (Lipinski definition) is 0. The highest BCUT2D eigenvalue weighted by Crippen LogP contribution is 2.42. The van der Waals surface area contributed by atoms with E-state index in [4.69, 9.17) is 9.97 Å². The van der Waals surface area contributed by atoms with Crippen molar-refractivity contribution in [3.8, 4) is 33.9 Å². The first kappa shape index (κ1) is 32.9. The molecule has 0 spiro atoms. The fourth-order valence-electron chi connectivity index (χ4n) is 9.69. The van der Waals surface area contributed by atoms with Crippen LogP contribution in [0.15, 0.2) is 206 Å². The van der Waals surface area contributed by atoms with Crippen molar-refractivity contribution in [2.75, 3.05) is 0 Å². The monoisotopic (exact) mass is 762 g/mol. The summed E-state index contributed by atoms with van der Waals surface area (Å²) in [7, 11) is 0. The van der Waals surface area contributed by atoms with Gasteiger partial charge < -0.3 is 9.13 Å². The number of hydrogen-bond acceptors (Lipinski definition) is 2. The van der Waals surface area contributed by atoms with E-state index in [-0.39, 0.29) is 0 Å². The molecule has 0 saturated heterocycles. The van der Waals surface area contributed by atoms with Crippen molar-refractivity contribution < 1.29 is 0 Å². The van der Waals surface area contributed by atoms with E-state index in [2.05, 4.69) is 203 Å². The Hall–Kier alpha value is -8.08. The minimum atomic E-state index is 0.879. The molecule has 0 aliphatic carbocycles. The van der Waals surface area contributed by atoms with E-state index in [0.29, 0.717) is 0 Å². The summed E-state index contributed by atoms with van der Waals surface area (Å²) in [6, 6.07) is 74.3. The SMILES string of the molecule is c1ccc(-c2nc3ccc4ccc5cc(-n6c7cc8ccccc8cc7c7cc8c9ccccc9n(-c9ccccc9)c8cc76)ccc5c4c3nc2-c2ccccc2)cc1. The molecule has 0 aliphatic rings. The van der Waals surface area contributed by atoms with Crippen LogP contribution in [0.5, 0.6) is 0 Å². The second kappa shape index (κ2) is 12.7. The molecule has 0 saturated carbocycles. The molecule has 4 heteroatoms. The van der Waals surface area contributed by atoms with E-state index in [1.165, 1.54) is 54.4 Å². The molecule has 60 heavy (non-hydrogen) atoms. The third-order valence-corrected chi connectivity index (χ3v) is 12.4. The number of rotatable bonds is 4. The predicted molar refractivity (Wildman–Crippen MR) is 252 cm³/mol. The molecule has 0 N–H and O–H groups in total. The van der Waals surface area contributed by atoms with Crippen LogP contribution in [0, 0.1) is 0 Å². The second-order valence-corrected chi connectivity index (χ2v) is 15.8. The van der Waals surface area contributed by atoms with Crippen LogP contribution < -0.4 is 0 Å².